The first kappa shape index (κ1) is 12.8. The van der Waals surface area contributed by atoms with Crippen LogP contribution in [0.25, 0.3) is 5.57 Å². The fourth-order valence-corrected chi connectivity index (χ4v) is 1.52. The molecule has 1 aromatic rings. The Bertz CT molecular complexity index is 367. The summed E-state index contributed by atoms with van der Waals surface area (Å²) >= 11 is 0. The van der Waals surface area contributed by atoms with E-state index in [1.807, 2.05) is 19.1 Å². The van der Waals surface area contributed by atoms with E-state index in [1.54, 1.807) is 7.11 Å². The summed E-state index contributed by atoms with van der Waals surface area (Å²) in [6, 6.07) is 6.15. The maximum atomic E-state index is 5.53. The van der Waals surface area contributed by atoms with E-state index in [2.05, 4.69) is 26.5 Å². The van der Waals surface area contributed by atoms with Crippen molar-refractivity contribution in [1.29, 1.82) is 0 Å². The van der Waals surface area contributed by atoms with Gasteiger partial charge in [-0.3, -0.25) is 0 Å². The van der Waals surface area contributed by atoms with Gasteiger partial charge in [-0.25, -0.2) is 0 Å². The molecular weight excluding hydrogens is 200 g/mol. The molecule has 16 heavy (non-hydrogen) atoms. The summed E-state index contributed by atoms with van der Waals surface area (Å²) in [7, 11) is 1.62. The second-order valence-corrected chi connectivity index (χ2v) is 4.24. The highest BCUT2D eigenvalue weighted by atomic mass is 16.7. The van der Waals surface area contributed by atoms with E-state index < -0.39 is 0 Å². The molecule has 1 aromatic carbocycles. The molecule has 0 bridgehead atoms. The smallest absolute Gasteiger partial charge is 0.188 e. The summed E-state index contributed by atoms with van der Waals surface area (Å²) in [4.78, 5) is 0. The van der Waals surface area contributed by atoms with Crippen molar-refractivity contribution in [3.8, 4) is 5.75 Å². The number of rotatable bonds is 5. The lowest BCUT2D eigenvalue weighted by Gasteiger charge is -2.15. The maximum Gasteiger partial charge on any atom is 0.188 e. The van der Waals surface area contributed by atoms with Crippen molar-refractivity contribution in [3.05, 3.63) is 35.9 Å². The van der Waals surface area contributed by atoms with Crippen LogP contribution in [0.2, 0.25) is 0 Å². The molecule has 0 aliphatic rings. The lowest BCUT2D eigenvalue weighted by molar-refractivity contribution is 0.0503. The monoisotopic (exact) mass is 220 g/mol. The van der Waals surface area contributed by atoms with Crippen LogP contribution >= 0.6 is 0 Å². The number of hydrogen-bond acceptors (Lipinski definition) is 2. The molecule has 2 nitrogen and oxygen atoms in total. The van der Waals surface area contributed by atoms with Gasteiger partial charge in [0, 0.05) is 7.11 Å². The standard InChI is InChI=1S/C14H20O2/c1-10(2)12-6-7-14(16-9-15-5)13(8-12)11(3)4/h6-8,11H,1,9H2,2-5H3. The van der Waals surface area contributed by atoms with Crippen molar-refractivity contribution in [3.63, 3.8) is 0 Å². The van der Waals surface area contributed by atoms with E-state index >= 15 is 0 Å². The fraction of sp³-hybridized carbons (Fsp3) is 0.429. The van der Waals surface area contributed by atoms with Gasteiger partial charge in [0.1, 0.15) is 5.75 Å². The molecular formula is C14H20O2. The Balaban J connectivity index is 3.04. The van der Waals surface area contributed by atoms with Gasteiger partial charge in [0.2, 0.25) is 0 Å². The minimum absolute atomic E-state index is 0.284. The number of benzene rings is 1. The van der Waals surface area contributed by atoms with Crippen molar-refractivity contribution in [2.45, 2.75) is 26.7 Å². The van der Waals surface area contributed by atoms with Crippen LogP contribution in [0.15, 0.2) is 24.8 Å². The van der Waals surface area contributed by atoms with Gasteiger partial charge in [0.05, 0.1) is 0 Å². The molecule has 2 heteroatoms. The van der Waals surface area contributed by atoms with Crippen LogP contribution in [-0.4, -0.2) is 13.9 Å². The van der Waals surface area contributed by atoms with Crippen LogP contribution in [-0.2, 0) is 4.74 Å². The SMILES string of the molecule is C=C(C)c1ccc(OCOC)c(C(C)C)c1. The molecule has 0 saturated heterocycles. The van der Waals surface area contributed by atoms with Crippen LogP contribution < -0.4 is 4.74 Å². The number of methoxy groups -OCH3 is 1. The molecule has 0 aromatic heterocycles. The Morgan fingerprint density at radius 3 is 2.56 bits per heavy atom. The average molecular weight is 220 g/mol. The largest absolute Gasteiger partial charge is 0.467 e. The van der Waals surface area contributed by atoms with Gasteiger partial charge in [-0.15, -0.1) is 0 Å². The number of allylic oxidation sites excluding steroid dienone is 1. The molecule has 0 spiro atoms. The summed E-state index contributed by atoms with van der Waals surface area (Å²) in [5, 5.41) is 0. The topological polar surface area (TPSA) is 18.5 Å². The van der Waals surface area contributed by atoms with Crippen molar-refractivity contribution >= 4 is 5.57 Å². The molecule has 0 heterocycles. The Hall–Kier alpha value is -1.28. The third kappa shape index (κ3) is 3.11. The van der Waals surface area contributed by atoms with Crippen LogP contribution in [0.1, 0.15) is 37.8 Å². The maximum absolute atomic E-state index is 5.53. The van der Waals surface area contributed by atoms with Crippen molar-refractivity contribution in [1.82, 2.24) is 0 Å². The van der Waals surface area contributed by atoms with Gasteiger partial charge in [0.25, 0.3) is 0 Å². The lowest BCUT2D eigenvalue weighted by Crippen LogP contribution is -2.03. The Kier molecular flexibility index (Phi) is 4.56. The van der Waals surface area contributed by atoms with E-state index in [9.17, 15) is 0 Å². The van der Waals surface area contributed by atoms with Crippen LogP contribution in [0.5, 0.6) is 5.75 Å². The van der Waals surface area contributed by atoms with Gasteiger partial charge in [0.15, 0.2) is 6.79 Å². The predicted octanol–water partition coefficient (Wildman–Crippen LogP) is 3.83. The lowest BCUT2D eigenvalue weighted by atomic mass is 9.97. The van der Waals surface area contributed by atoms with E-state index in [1.165, 1.54) is 5.56 Å². The zero-order chi connectivity index (χ0) is 12.1. The van der Waals surface area contributed by atoms with Gasteiger partial charge in [-0.2, -0.15) is 0 Å². The van der Waals surface area contributed by atoms with Crippen molar-refractivity contribution in [2.75, 3.05) is 13.9 Å². The van der Waals surface area contributed by atoms with Crippen molar-refractivity contribution < 1.29 is 9.47 Å². The van der Waals surface area contributed by atoms with Gasteiger partial charge >= 0.3 is 0 Å². The molecule has 1 rings (SSSR count). The minimum Gasteiger partial charge on any atom is -0.467 e. The second kappa shape index (κ2) is 5.71. The minimum atomic E-state index is 0.284. The Morgan fingerprint density at radius 1 is 1.38 bits per heavy atom. The highest BCUT2D eigenvalue weighted by Gasteiger charge is 2.09. The Labute approximate surface area is 97.9 Å². The van der Waals surface area contributed by atoms with Crippen LogP contribution in [0.3, 0.4) is 0 Å². The van der Waals surface area contributed by atoms with E-state index in [0.717, 1.165) is 16.9 Å². The molecule has 0 unspecified atom stereocenters. The highest BCUT2D eigenvalue weighted by Crippen LogP contribution is 2.29. The summed E-state index contributed by atoms with van der Waals surface area (Å²) < 4.78 is 10.4. The zero-order valence-corrected chi connectivity index (χ0v) is 10.5. The third-order valence-electron chi connectivity index (χ3n) is 2.46. The molecule has 0 aliphatic carbocycles. The van der Waals surface area contributed by atoms with E-state index in [0.29, 0.717) is 5.92 Å². The normalized spacial score (nSPS) is 10.6. The predicted molar refractivity (Wildman–Crippen MR) is 67.7 cm³/mol. The first-order chi connectivity index (χ1) is 7.56. The van der Waals surface area contributed by atoms with Crippen LogP contribution in [0, 0.1) is 0 Å². The molecule has 0 N–H and O–H groups in total. The van der Waals surface area contributed by atoms with Gasteiger partial charge in [-0.1, -0.05) is 32.1 Å². The number of ether oxygens (including phenoxy) is 2. The third-order valence-corrected chi connectivity index (χ3v) is 2.46. The zero-order valence-electron chi connectivity index (χ0n) is 10.5. The van der Waals surface area contributed by atoms with Crippen LogP contribution in [0.4, 0.5) is 0 Å². The van der Waals surface area contributed by atoms with E-state index in [-0.39, 0.29) is 6.79 Å². The van der Waals surface area contributed by atoms with Gasteiger partial charge < -0.3 is 9.47 Å². The van der Waals surface area contributed by atoms with E-state index in [4.69, 9.17) is 9.47 Å². The molecule has 0 radical (unpaired) electrons. The Morgan fingerprint density at radius 2 is 2.06 bits per heavy atom. The first-order valence-electron chi connectivity index (χ1n) is 5.47. The fourth-order valence-electron chi connectivity index (χ4n) is 1.52. The summed E-state index contributed by atoms with van der Waals surface area (Å²) in [5.74, 6) is 1.31. The summed E-state index contributed by atoms with van der Waals surface area (Å²) in [6.07, 6.45) is 0. The molecule has 0 aliphatic heterocycles. The second-order valence-electron chi connectivity index (χ2n) is 4.24. The molecule has 0 saturated carbocycles. The summed E-state index contributed by atoms with van der Waals surface area (Å²) in [5.41, 5.74) is 3.42. The highest BCUT2D eigenvalue weighted by molar-refractivity contribution is 5.63. The summed E-state index contributed by atoms with van der Waals surface area (Å²) in [6.45, 7) is 10.5. The molecule has 0 atom stereocenters. The molecule has 0 amide bonds. The quantitative estimate of drug-likeness (QED) is 0.702. The van der Waals surface area contributed by atoms with Crippen molar-refractivity contribution in [2.24, 2.45) is 0 Å². The average Bonchev–Trinajstić information content (AvgIpc) is 2.25. The molecule has 0 fully saturated rings. The van der Waals surface area contributed by atoms with Gasteiger partial charge in [-0.05, 0) is 36.1 Å². The first-order valence-corrected chi connectivity index (χ1v) is 5.47. The molecule has 88 valence electrons. The number of hydrogen-bond donors (Lipinski definition) is 0.